The van der Waals surface area contributed by atoms with Gasteiger partial charge >= 0.3 is 0 Å². The number of hydrogen-bond donors (Lipinski definition) is 1. The van der Waals surface area contributed by atoms with Gasteiger partial charge in [-0.1, -0.05) is 89.6 Å². The molecule has 0 spiro atoms. The van der Waals surface area contributed by atoms with Crippen LogP contribution in [0.2, 0.25) is 0 Å². The molecule has 0 atom stereocenters. The van der Waals surface area contributed by atoms with Gasteiger partial charge in [0, 0.05) is 59.4 Å². The quantitative estimate of drug-likeness (QED) is 0.0946. The number of para-hydroxylation sites is 2. The summed E-state index contributed by atoms with van der Waals surface area (Å²) in [4.78, 5) is 16.7. The van der Waals surface area contributed by atoms with Crippen LogP contribution in [0.5, 0.6) is 0 Å². The van der Waals surface area contributed by atoms with Gasteiger partial charge in [0.1, 0.15) is 11.3 Å². The summed E-state index contributed by atoms with van der Waals surface area (Å²) in [7, 11) is 0. The number of aromatic nitrogens is 2. The Bertz CT molecular complexity index is 2170. The molecule has 6 heteroatoms. The fourth-order valence-electron chi connectivity index (χ4n) is 6.27. The van der Waals surface area contributed by atoms with E-state index in [1.54, 1.807) is 6.20 Å². The molecule has 46 heavy (non-hydrogen) atoms. The smallest absolute Gasteiger partial charge is 0.164 e. The van der Waals surface area contributed by atoms with E-state index in [1.165, 1.54) is 27.9 Å². The number of rotatable bonds is 8. The second-order valence-electron chi connectivity index (χ2n) is 12.6. The minimum atomic E-state index is -0.337. The monoisotopic (exact) mass is 790 g/mol. The minimum Gasteiger partial charge on any atom is -0.512 e. The molecule has 0 bridgehead atoms. The van der Waals surface area contributed by atoms with Crippen molar-refractivity contribution >= 4 is 55.0 Å². The molecule has 0 fully saturated rings. The molecule has 0 aliphatic heterocycles. The van der Waals surface area contributed by atoms with Gasteiger partial charge in [0.15, 0.2) is 5.78 Å². The van der Waals surface area contributed by atoms with Gasteiger partial charge in [0.2, 0.25) is 0 Å². The van der Waals surface area contributed by atoms with Crippen LogP contribution in [-0.2, 0) is 24.9 Å². The molecule has 0 aliphatic carbocycles. The molecule has 5 nitrogen and oxygen atoms in total. The summed E-state index contributed by atoms with van der Waals surface area (Å²) in [5.74, 6) is 0.286. The first-order valence-electron chi connectivity index (χ1n) is 16.1. The fourth-order valence-corrected chi connectivity index (χ4v) is 6.27. The van der Waals surface area contributed by atoms with Crippen LogP contribution in [0.1, 0.15) is 67.2 Å². The van der Waals surface area contributed by atoms with E-state index in [-0.39, 0.29) is 42.5 Å². The van der Waals surface area contributed by atoms with Gasteiger partial charge in [-0.05, 0) is 55.0 Å². The fraction of sp³-hybridized carbons (Fsp3) is 0.300. The van der Waals surface area contributed by atoms with Gasteiger partial charge in [0.25, 0.3) is 0 Å². The maximum absolute atomic E-state index is 12.2. The number of furan rings is 1. The molecule has 0 amide bonds. The number of aliphatic hydroxyl groups excluding tert-OH is 1. The van der Waals surface area contributed by atoms with Crippen LogP contribution in [0, 0.1) is 16.9 Å². The molecular weight excluding hydrogens is 749 g/mol. The van der Waals surface area contributed by atoms with Crippen molar-refractivity contribution in [3.05, 3.63) is 96.9 Å². The molecule has 0 saturated heterocycles. The Morgan fingerprint density at radius 1 is 0.804 bits per heavy atom. The Hall–Kier alpha value is -3.99. The average molecular weight is 790 g/mol. The summed E-state index contributed by atoms with van der Waals surface area (Å²) in [6, 6.07) is 28.3. The molecule has 1 N–H and O–H groups in total. The Kier molecular flexibility index (Phi) is 9.45. The van der Waals surface area contributed by atoms with Crippen molar-refractivity contribution in [2.75, 3.05) is 0 Å². The van der Waals surface area contributed by atoms with E-state index in [2.05, 4.69) is 64.0 Å². The van der Waals surface area contributed by atoms with Crippen LogP contribution in [0.15, 0.2) is 95.2 Å². The molecule has 0 saturated carbocycles. The molecule has 7 aromatic rings. The number of carbonyl (C=O) groups is 1. The number of pyridine rings is 1. The van der Waals surface area contributed by atoms with Crippen LogP contribution in [0.25, 0.3) is 60.5 Å². The van der Waals surface area contributed by atoms with Gasteiger partial charge < -0.3 is 18.9 Å². The van der Waals surface area contributed by atoms with E-state index in [4.69, 9.17) is 4.42 Å². The van der Waals surface area contributed by atoms with Crippen molar-refractivity contribution in [2.45, 2.75) is 67.2 Å². The van der Waals surface area contributed by atoms with Crippen LogP contribution < -0.4 is 0 Å². The third-order valence-corrected chi connectivity index (χ3v) is 10.3. The van der Waals surface area contributed by atoms with Gasteiger partial charge in [-0.3, -0.25) is 4.79 Å². The number of nitrogens with zero attached hydrogens (tertiary/aromatic N) is 2. The molecule has 4 aromatic heterocycles. The number of ketones is 1. The number of allylic oxidation sites excluding steroid dienone is 2. The van der Waals surface area contributed by atoms with Gasteiger partial charge in [-0.2, -0.15) is 0 Å². The standard InChI is InChI=1S/C25H13N2O.C15H28O2.Ir/c1-2-13-21-15(7-1)16-8-5-10-18-22(16)27(21)23-19-11-6-9-17(24(19)28-25(18)23)20-12-3-4-14-26-20;1-7-14(5,8-2)12(16)11-13(17)15(6,9-3)10-4;/h1-8,10-14H;11,16H,7-10H2,1-6H3;/q-1;;/b;12-11-;. The van der Waals surface area contributed by atoms with Crippen molar-refractivity contribution < 1.29 is 34.4 Å². The third kappa shape index (κ3) is 5.32. The molecule has 239 valence electrons. The number of hydrogen-bond acceptors (Lipinski definition) is 4. The molecule has 7 rings (SSSR count). The van der Waals surface area contributed by atoms with Gasteiger partial charge in [0.05, 0.1) is 22.1 Å². The summed E-state index contributed by atoms with van der Waals surface area (Å²) < 4.78 is 8.83. The topological polar surface area (TPSA) is 67.7 Å². The molecular formula is C40H41IrN2O3-. The number of fused-ring (bicyclic) bond motifs is 8. The maximum atomic E-state index is 12.2. The second kappa shape index (κ2) is 13.0. The van der Waals surface area contributed by atoms with Gasteiger partial charge in [-0.15, -0.1) is 18.2 Å². The van der Waals surface area contributed by atoms with E-state index in [0.717, 1.165) is 64.4 Å². The Morgan fingerprint density at radius 2 is 1.43 bits per heavy atom. The molecule has 0 unspecified atom stereocenters. The SMILES string of the molecule is CCC(C)(CC)C(=O)/C=C(\O)C(C)(CC)CC.[Ir].[c-]1ccc2c(oc3c4cccc5c6ccccc6n(c54)c23)c1-c1ccccn1. The molecule has 4 heterocycles. The third-order valence-electron chi connectivity index (χ3n) is 10.3. The van der Waals surface area contributed by atoms with E-state index < -0.39 is 0 Å². The van der Waals surface area contributed by atoms with Crippen LogP contribution in [0.3, 0.4) is 0 Å². The Morgan fingerprint density at radius 3 is 2.11 bits per heavy atom. The zero-order valence-electron chi connectivity index (χ0n) is 27.4. The summed E-state index contributed by atoms with van der Waals surface area (Å²) in [5, 5.41) is 14.9. The maximum Gasteiger partial charge on any atom is 0.164 e. The summed E-state index contributed by atoms with van der Waals surface area (Å²) in [6.45, 7) is 12.1. The van der Waals surface area contributed by atoms with Crippen molar-refractivity contribution in [2.24, 2.45) is 10.8 Å². The average Bonchev–Trinajstić information content (AvgIpc) is 3.74. The molecule has 3 aromatic carbocycles. The predicted molar refractivity (Wildman–Crippen MR) is 186 cm³/mol. The first-order chi connectivity index (χ1) is 21.7. The van der Waals surface area contributed by atoms with E-state index in [0.29, 0.717) is 0 Å². The minimum absolute atomic E-state index is 0. The van der Waals surface area contributed by atoms with Crippen LogP contribution in [0.4, 0.5) is 0 Å². The first-order valence-corrected chi connectivity index (χ1v) is 16.1. The summed E-state index contributed by atoms with van der Waals surface area (Å²) in [5.41, 5.74) is 6.49. The zero-order valence-corrected chi connectivity index (χ0v) is 29.8. The normalized spacial score (nSPS) is 12.6. The summed E-state index contributed by atoms with van der Waals surface area (Å²) >= 11 is 0. The number of benzene rings is 3. The molecule has 1 radical (unpaired) electrons. The van der Waals surface area contributed by atoms with E-state index >= 15 is 0 Å². The van der Waals surface area contributed by atoms with Crippen molar-refractivity contribution in [3.63, 3.8) is 0 Å². The molecule has 0 aliphatic rings. The Balaban J connectivity index is 0.000000203. The van der Waals surface area contributed by atoms with Crippen molar-refractivity contribution in [3.8, 4) is 11.3 Å². The van der Waals surface area contributed by atoms with Crippen LogP contribution in [-0.4, -0.2) is 20.3 Å². The zero-order chi connectivity index (χ0) is 31.9. The number of carbonyl (C=O) groups excluding carboxylic acids is 1. The predicted octanol–water partition coefficient (Wildman–Crippen LogP) is 11.1. The van der Waals surface area contributed by atoms with Crippen LogP contribution >= 0.6 is 0 Å². The van der Waals surface area contributed by atoms with E-state index in [1.807, 2.05) is 65.8 Å². The van der Waals surface area contributed by atoms with Crippen molar-refractivity contribution in [1.82, 2.24) is 9.38 Å². The summed E-state index contributed by atoms with van der Waals surface area (Å²) in [6.07, 6.45) is 6.56. The Labute approximate surface area is 284 Å². The number of aliphatic hydroxyl groups is 1. The van der Waals surface area contributed by atoms with Crippen molar-refractivity contribution in [1.29, 1.82) is 0 Å². The second-order valence-corrected chi connectivity index (χ2v) is 12.6. The van der Waals surface area contributed by atoms with E-state index in [9.17, 15) is 9.90 Å². The first kappa shape index (κ1) is 33.4. The largest absolute Gasteiger partial charge is 0.512 e. The van der Waals surface area contributed by atoms with Gasteiger partial charge in [-0.25, -0.2) is 0 Å².